The average Bonchev–Trinajstić information content (AvgIpc) is 2.66. The van der Waals surface area contributed by atoms with Crippen molar-refractivity contribution in [3.8, 4) is 0 Å². The van der Waals surface area contributed by atoms with Crippen LogP contribution in [0.5, 0.6) is 0 Å². The van der Waals surface area contributed by atoms with Gasteiger partial charge in [0.2, 0.25) is 0 Å². The minimum absolute atomic E-state index is 0.713. The summed E-state index contributed by atoms with van der Waals surface area (Å²) in [5.41, 5.74) is 0. The van der Waals surface area contributed by atoms with Gasteiger partial charge in [-0.25, -0.2) is 0 Å². The third-order valence-electron chi connectivity index (χ3n) is 4.46. The molecule has 0 aliphatic carbocycles. The van der Waals surface area contributed by atoms with Crippen LogP contribution >= 0.6 is 11.8 Å². The van der Waals surface area contributed by atoms with Crippen molar-refractivity contribution in [3.05, 3.63) is 0 Å². The number of nitrogens with one attached hydrogen (secondary N) is 1. The molecule has 2 aliphatic rings. The largest absolute Gasteiger partial charge is 0.313 e. The zero-order chi connectivity index (χ0) is 13.5. The van der Waals surface area contributed by atoms with Crippen LogP contribution in [0.4, 0.5) is 0 Å². The van der Waals surface area contributed by atoms with E-state index in [1.807, 2.05) is 0 Å². The summed E-state index contributed by atoms with van der Waals surface area (Å²) in [5.74, 6) is 2.65. The predicted molar refractivity (Wildman–Crippen MR) is 86.1 cm³/mol. The monoisotopic (exact) mass is 285 g/mol. The third-order valence-corrected chi connectivity index (χ3v) is 5.40. The molecule has 0 aromatic rings. The van der Waals surface area contributed by atoms with Gasteiger partial charge in [0, 0.05) is 49.8 Å². The summed E-state index contributed by atoms with van der Waals surface area (Å²) in [6.07, 6.45) is 4.04. The Balaban J connectivity index is 1.60. The first-order valence-electron chi connectivity index (χ1n) is 8.03. The lowest BCUT2D eigenvalue weighted by atomic mass is 10.1. The Kier molecular flexibility index (Phi) is 6.99. The van der Waals surface area contributed by atoms with Crippen LogP contribution < -0.4 is 5.32 Å². The molecule has 3 nitrogen and oxygen atoms in total. The standard InChI is InChI=1S/C15H31N3S/c1-14(2)18-7-3-4-15(5-8-18)16-6-9-17-10-12-19-13-11-17/h14-16H,3-13H2,1-2H3. The fourth-order valence-electron chi connectivity index (χ4n) is 3.09. The summed E-state index contributed by atoms with van der Waals surface area (Å²) in [5, 5.41) is 3.79. The maximum absolute atomic E-state index is 3.79. The second-order valence-electron chi connectivity index (χ2n) is 6.17. The Labute approximate surface area is 123 Å². The highest BCUT2D eigenvalue weighted by molar-refractivity contribution is 7.99. The predicted octanol–water partition coefficient (Wildman–Crippen LogP) is 1.89. The van der Waals surface area contributed by atoms with Gasteiger partial charge < -0.3 is 15.1 Å². The summed E-state index contributed by atoms with van der Waals surface area (Å²) >= 11 is 2.10. The van der Waals surface area contributed by atoms with Crippen molar-refractivity contribution in [2.75, 3.05) is 50.8 Å². The van der Waals surface area contributed by atoms with Crippen molar-refractivity contribution in [1.82, 2.24) is 15.1 Å². The van der Waals surface area contributed by atoms with Gasteiger partial charge in [-0.3, -0.25) is 0 Å². The lowest BCUT2D eigenvalue weighted by Crippen LogP contribution is -2.41. The molecular formula is C15H31N3S. The molecular weight excluding hydrogens is 254 g/mol. The fraction of sp³-hybridized carbons (Fsp3) is 1.00. The van der Waals surface area contributed by atoms with Gasteiger partial charge >= 0.3 is 0 Å². The Hall–Kier alpha value is 0.230. The van der Waals surface area contributed by atoms with Crippen molar-refractivity contribution < 1.29 is 0 Å². The van der Waals surface area contributed by atoms with Crippen molar-refractivity contribution in [1.29, 1.82) is 0 Å². The van der Waals surface area contributed by atoms with E-state index in [1.165, 1.54) is 70.0 Å². The number of thioether (sulfide) groups is 1. The number of nitrogens with zero attached hydrogens (tertiary/aromatic N) is 2. The molecule has 2 fully saturated rings. The summed E-state index contributed by atoms with van der Waals surface area (Å²) in [4.78, 5) is 5.24. The minimum atomic E-state index is 0.713. The Morgan fingerprint density at radius 2 is 1.89 bits per heavy atom. The molecule has 0 bridgehead atoms. The molecule has 2 heterocycles. The van der Waals surface area contributed by atoms with E-state index in [2.05, 4.69) is 40.7 Å². The van der Waals surface area contributed by atoms with E-state index < -0.39 is 0 Å². The number of hydrogen-bond donors (Lipinski definition) is 1. The second kappa shape index (κ2) is 8.50. The highest BCUT2D eigenvalue weighted by Crippen LogP contribution is 2.13. The quantitative estimate of drug-likeness (QED) is 0.831. The van der Waals surface area contributed by atoms with Crippen LogP contribution in [-0.4, -0.2) is 72.7 Å². The van der Waals surface area contributed by atoms with Crippen molar-refractivity contribution in [3.63, 3.8) is 0 Å². The van der Waals surface area contributed by atoms with E-state index in [0.29, 0.717) is 6.04 Å². The lowest BCUT2D eigenvalue weighted by Gasteiger charge is -2.27. The molecule has 0 aromatic carbocycles. The number of hydrogen-bond acceptors (Lipinski definition) is 4. The van der Waals surface area contributed by atoms with Gasteiger partial charge in [0.05, 0.1) is 0 Å². The lowest BCUT2D eigenvalue weighted by molar-refractivity contribution is 0.228. The Morgan fingerprint density at radius 3 is 2.63 bits per heavy atom. The molecule has 2 aliphatic heterocycles. The molecule has 112 valence electrons. The van der Waals surface area contributed by atoms with Crippen LogP contribution in [0.2, 0.25) is 0 Å². The van der Waals surface area contributed by atoms with Gasteiger partial charge in [0.1, 0.15) is 0 Å². The maximum Gasteiger partial charge on any atom is 0.0108 e. The van der Waals surface area contributed by atoms with Crippen LogP contribution in [0.3, 0.4) is 0 Å². The molecule has 0 saturated carbocycles. The molecule has 4 heteroatoms. The summed E-state index contributed by atoms with van der Waals surface area (Å²) in [6.45, 7) is 12.2. The van der Waals surface area contributed by atoms with Crippen molar-refractivity contribution >= 4 is 11.8 Å². The normalized spacial score (nSPS) is 27.6. The molecule has 1 atom stereocenters. The number of rotatable bonds is 5. The molecule has 2 saturated heterocycles. The first-order chi connectivity index (χ1) is 9.25. The zero-order valence-electron chi connectivity index (χ0n) is 12.7. The molecule has 0 aromatic heterocycles. The summed E-state index contributed by atoms with van der Waals surface area (Å²) in [7, 11) is 0. The maximum atomic E-state index is 3.79. The molecule has 19 heavy (non-hydrogen) atoms. The highest BCUT2D eigenvalue weighted by atomic mass is 32.2. The molecule has 0 radical (unpaired) electrons. The van der Waals surface area contributed by atoms with E-state index in [-0.39, 0.29) is 0 Å². The SMILES string of the molecule is CC(C)N1CCCC(NCCN2CCSCC2)CC1. The zero-order valence-corrected chi connectivity index (χ0v) is 13.6. The molecule has 1 unspecified atom stereocenters. The molecule has 1 N–H and O–H groups in total. The van der Waals surface area contributed by atoms with E-state index in [1.54, 1.807) is 0 Å². The van der Waals surface area contributed by atoms with Gasteiger partial charge in [-0.15, -0.1) is 0 Å². The van der Waals surface area contributed by atoms with Gasteiger partial charge in [0.25, 0.3) is 0 Å². The highest BCUT2D eigenvalue weighted by Gasteiger charge is 2.18. The fourth-order valence-corrected chi connectivity index (χ4v) is 4.07. The molecule has 0 spiro atoms. The van der Waals surface area contributed by atoms with Crippen LogP contribution in [0.15, 0.2) is 0 Å². The first-order valence-corrected chi connectivity index (χ1v) is 9.18. The smallest absolute Gasteiger partial charge is 0.0108 e. The van der Waals surface area contributed by atoms with Gasteiger partial charge in [0.15, 0.2) is 0 Å². The van der Waals surface area contributed by atoms with E-state index in [0.717, 1.165) is 6.04 Å². The molecule has 0 amide bonds. The van der Waals surface area contributed by atoms with Crippen molar-refractivity contribution in [2.24, 2.45) is 0 Å². The van der Waals surface area contributed by atoms with Crippen molar-refractivity contribution in [2.45, 2.75) is 45.2 Å². The van der Waals surface area contributed by atoms with Crippen LogP contribution in [0.25, 0.3) is 0 Å². The van der Waals surface area contributed by atoms with E-state index >= 15 is 0 Å². The third kappa shape index (κ3) is 5.62. The first kappa shape index (κ1) is 15.6. The molecule has 2 rings (SSSR count). The summed E-state index contributed by atoms with van der Waals surface area (Å²) in [6, 6.07) is 1.47. The van der Waals surface area contributed by atoms with E-state index in [4.69, 9.17) is 0 Å². The van der Waals surface area contributed by atoms with Gasteiger partial charge in [-0.05, 0) is 46.2 Å². The minimum Gasteiger partial charge on any atom is -0.313 e. The summed E-state index contributed by atoms with van der Waals surface area (Å²) < 4.78 is 0. The average molecular weight is 286 g/mol. The van der Waals surface area contributed by atoms with Crippen LogP contribution in [0.1, 0.15) is 33.1 Å². The number of likely N-dealkylation sites (tertiary alicyclic amines) is 1. The van der Waals surface area contributed by atoms with Gasteiger partial charge in [-0.1, -0.05) is 0 Å². The Morgan fingerprint density at radius 1 is 1.11 bits per heavy atom. The van der Waals surface area contributed by atoms with Crippen LogP contribution in [0, 0.1) is 0 Å². The Bertz CT molecular complexity index is 242. The second-order valence-corrected chi connectivity index (χ2v) is 7.39. The van der Waals surface area contributed by atoms with Gasteiger partial charge in [-0.2, -0.15) is 11.8 Å². The topological polar surface area (TPSA) is 18.5 Å². The van der Waals surface area contributed by atoms with Crippen LogP contribution in [-0.2, 0) is 0 Å². The van der Waals surface area contributed by atoms with E-state index in [9.17, 15) is 0 Å².